The van der Waals surface area contributed by atoms with Gasteiger partial charge in [0.2, 0.25) is 0 Å². The van der Waals surface area contributed by atoms with Crippen molar-refractivity contribution in [1.29, 1.82) is 0 Å². The van der Waals surface area contributed by atoms with Crippen LogP contribution in [0.1, 0.15) is 17.3 Å². The number of pyridine rings is 1. The minimum Gasteiger partial charge on any atom is -0.294 e. The van der Waals surface area contributed by atoms with Gasteiger partial charge in [0, 0.05) is 17.1 Å². The van der Waals surface area contributed by atoms with Crippen molar-refractivity contribution in [3.8, 4) is 11.1 Å². The Labute approximate surface area is 122 Å². The summed E-state index contributed by atoms with van der Waals surface area (Å²) in [7, 11) is 0. The maximum atomic E-state index is 11.4. The number of rotatable bonds is 2. The lowest BCUT2D eigenvalue weighted by Gasteiger charge is -2.06. The minimum absolute atomic E-state index is 0.0238. The van der Waals surface area contributed by atoms with E-state index >= 15 is 0 Å². The predicted molar refractivity (Wildman–Crippen MR) is 82.2 cm³/mol. The fraction of sp³-hybridized carbons (Fsp3) is 0.0588. The lowest BCUT2D eigenvalue weighted by atomic mass is 10.0. The van der Waals surface area contributed by atoms with Crippen molar-refractivity contribution in [3.63, 3.8) is 0 Å². The predicted octanol–water partition coefficient (Wildman–Crippen LogP) is 4.76. The molecule has 3 heteroatoms. The Bertz CT molecular complexity index is 811. The van der Waals surface area contributed by atoms with Crippen LogP contribution in [0.5, 0.6) is 0 Å². The van der Waals surface area contributed by atoms with E-state index in [-0.39, 0.29) is 5.78 Å². The molecule has 2 aromatic carbocycles. The number of aromatic nitrogens is 1. The second kappa shape index (κ2) is 5.06. The molecular weight excluding hydrogens is 270 g/mol. The van der Waals surface area contributed by atoms with Gasteiger partial charge in [-0.05, 0) is 48.4 Å². The highest BCUT2D eigenvalue weighted by Gasteiger charge is 2.07. The van der Waals surface area contributed by atoms with Crippen LogP contribution in [0.4, 0.5) is 0 Å². The highest BCUT2D eigenvalue weighted by Crippen LogP contribution is 2.28. The number of hydrogen-bond donors (Lipinski definition) is 0. The molecule has 20 heavy (non-hydrogen) atoms. The molecule has 0 radical (unpaired) electrons. The molecule has 0 unspecified atom stereocenters. The fourth-order valence-electron chi connectivity index (χ4n) is 2.24. The second-order valence-electron chi connectivity index (χ2n) is 4.66. The third kappa shape index (κ3) is 2.30. The molecule has 0 amide bonds. The summed E-state index contributed by atoms with van der Waals surface area (Å²) < 4.78 is 0. The number of halogens is 1. The van der Waals surface area contributed by atoms with Gasteiger partial charge in [0.1, 0.15) is 0 Å². The van der Waals surface area contributed by atoms with Crippen molar-refractivity contribution in [2.24, 2.45) is 0 Å². The first-order valence-corrected chi connectivity index (χ1v) is 6.68. The van der Waals surface area contributed by atoms with Crippen LogP contribution in [-0.2, 0) is 0 Å². The Kier molecular flexibility index (Phi) is 3.25. The van der Waals surface area contributed by atoms with E-state index in [2.05, 4.69) is 11.1 Å². The number of fused-ring (bicyclic) bond motifs is 1. The van der Waals surface area contributed by atoms with Crippen molar-refractivity contribution in [2.75, 3.05) is 0 Å². The zero-order valence-corrected chi connectivity index (χ0v) is 11.7. The quantitative estimate of drug-likeness (QED) is 0.634. The molecule has 0 spiro atoms. The van der Waals surface area contributed by atoms with Crippen molar-refractivity contribution >= 4 is 28.3 Å². The summed E-state index contributed by atoms with van der Waals surface area (Å²) >= 11 is 6.16. The van der Waals surface area contributed by atoms with Gasteiger partial charge in [0.25, 0.3) is 0 Å². The van der Waals surface area contributed by atoms with Crippen molar-refractivity contribution in [1.82, 2.24) is 4.98 Å². The summed E-state index contributed by atoms with van der Waals surface area (Å²) in [6.07, 6.45) is 1.78. The van der Waals surface area contributed by atoms with Crippen LogP contribution >= 0.6 is 11.6 Å². The average molecular weight is 282 g/mol. The number of benzene rings is 2. The van der Waals surface area contributed by atoms with Gasteiger partial charge in [-0.15, -0.1) is 0 Å². The molecule has 98 valence electrons. The fourth-order valence-corrected chi connectivity index (χ4v) is 2.55. The number of nitrogens with zero attached hydrogens (tertiary/aromatic N) is 1. The molecule has 3 rings (SSSR count). The SMILES string of the molecule is CC(=O)c1ccc(-c2ccc3ncccc3c2)cc1Cl. The smallest absolute Gasteiger partial charge is 0.161 e. The molecule has 0 saturated carbocycles. The van der Waals surface area contributed by atoms with Gasteiger partial charge < -0.3 is 0 Å². The third-order valence-electron chi connectivity index (χ3n) is 3.28. The molecule has 0 bridgehead atoms. The highest BCUT2D eigenvalue weighted by atomic mass is 35.5. The van der Waals surface area contributed by atoms with Gasteiger partial charge in [-0.2, -0.15) is 0 Å². The first-order valence-electron chi connectivity index (χ1n) is 6.31. The number of ketones is 1. The van der Waals surface area contributed by atoms with Gasteiger partial charge >= 0.3 is 0 Å². The number of carbonyl (C=O) groups is 1. The maximum absolute atomic E-state index is 11.4. The molecule has 3 aromatic rings. The summed E-state index contributed by atoms with van der Waals surface area (Å²) in [5, 5.41) is 1.57. The standard InChI is InChI=1S/C17H12ClNO/c1-11(20)15-6-4-13(10-16(15)18)12-5-7-17-14(9-12)3-2-8-19-17/h2-10H,1H3. The molecule has 0 N–H and O–H groups in total. The third-order valence-corrected chi connectivity index (χ3v) is 3.60. The molecule has 0 aliphatic rings. The zero-order valence-electron chi connectivity index (χ0n) is 10.9. The second-order valence-corrected chi connectivity index (χ2v) is 5.07. The van der Waals surface area contributed by atoms with Crippen LogP contribution in [-0.4, -0.2) is 10.8 Å². The molecule has 2 nitrogen and oxygen atoms in total. The Hall–Kier alpha value is -2.19. The highest BCUT2D eigenvalue weighted by molar-refractivity contribution is 6.34. The van der Waals surface area contributed by atoms with Gasteiger partial charge in [-0.3, -0.25) is 9.78 Å². The Morgan fingerprint density at radius 2 is 1.80 bits per heavy atom. The van der Waals surface area contributed by atoms with Crippen molar-refractivity contribution in [2.45, 2.75) is 6.92 Å². The Morgan fingerprint density at radius 1 is 1.05 bits per heavy atom. The number of hydrogen-bond acceptors (Lipinski definition) is 2. The Balaban J connectivity index is 2.11. The van der Waals surface area contributed by atoms with E-state index < -0.39 is 0 Å². The topological polar surface area (TPSA) is 30.0 Å². The van der Waals surface area contributed by atoms with Gasteiger partial charge in [-0.25, -0.2) is 0 Å². The largest absolute Gasteiger partial charge is 0.294 e. The van der Waals surface area contributed by atoms with Crippen LogP contribution in [0.3, 0.4) is 0 Å². The summed E-state index contributed by atoms with van der Waals surface area (Å²) in [6.45, 7) is 1.52. The minimum atomic E-state index is -0.0238. The van der Waals surface area contributed by atoms with Crippen molar-refractivity contribution < 1.29 is 4.79 Å². The molecule has 0 aliphatic carbocycles. The van der Waals surface area contributed by atoms with Crippen LogP contribution in [0.25, 0.3) is 22.0 Å². The molecule has 1 aromatic heterocycles. The molecular formula is C17H12ClNO. The van der Waals surface area contributed by atoms with Gasteiger partial charge in [0.05, 0.1) is 10.5 Å². The van der Waals surface area contributed by atoms with Crippen LogP contribution < -0.4 is 0 Å². The monoisotopic (exact) mass is 281 g/mol. The summed E-state index contributed by atoms with van der Waals surface area (Å²) in [6, 6.07) is 15.5. The lowest BCUT2D eigenvalue weighted by Crippen LogP contribution is -1.93. The van der Waals surface area contributed by atoms with E-state index in [4.69, 9.17) is 11.6 Å². The van der Waals surface area contributed by atoms with E-state index in [0.29, 0.717) is 10.6 Å². The molecule has 1 heterocycles. The van der Waals surface area contributed by atoms with Gasteiger partial charge in [0.15, 0.2) is 5.78 Å². The number of Topliss-reactive ketones (excluding diaryl/α,β-unsaturated/α-hetero) is 1. The number of carbonyl (C=O) groups excluding carboxylic acids is 1. The summed E-state index contributed by atoms with van der Waals surface area (Å²) in [4.78, 5) is 15.7. The van der Waals surface area contributed by atoms with E-state index in [0.717, 1.165) is 22.0 Å². The Morgan fingerprint density at radius 3 is 2.55 bits per heavy atom. The van der Waals surface area contributed by atoms with E-state index in [1.54, 1.807) is 12.3 Å². The first kappa shape index (κ1) is 12.8. The van der Waals surface area contributed by atoms with E-state index in [1.165, 1.54) is 6.92 Å². The van der Waals surface area contributed by atoms with Crippen molar-refractivity contribution in [3.05, 3.63) is 65.3 Å². The van der Waals surface area contributed by atoms with Crippen LogP contribution in [0.15, 0.2) is 54.7 Å². The molecule has 0 atom stereocenters. The summed E-state index contributed by atoms with van der Waals surface area (Å²) in [5.74, 6) is -0.0238. The average Bonchev–Trinajstić information content (AvgIpc) is 2.46. The van der Waals surface area contributed by atoms with Gasteiger partial charge in [-0.1, -0.05) is 29.8 Å². The van der Waals surface area contributed by atoms with E-state index in [9.17, 15) is 4.79 Å². The normalized spacial score (nSPS) is 10.7. The zero-order chi connectivity index (χ0) is 14.1. The molecule has 0 aliphatic heterocycles. The van der Waals surface area contributed by atoms with Crippen LogP contribution in [0, 0.1) is 0 Å². The first-order chi connectivity index (χ1) is 9.65. The lowest BCUT2D eigenvalue weighted by molar-refractivity contribution is 0.101. The summed E-state index contributed by atoms with van der Waals surface area (Å²) in [5.41, 5.74) is 3.56. The maximum Gasteiger partial charge on any atom is 0.161 e. The molecule has 0 saturated heterocycles. The molecule has 0 fully saturated rings. The van der Waals surface area contributed by atoms with Crippen LogP contribution in [0.2, 0.25) is 5.02 Å². The van der Waals surface area contributed by atoms with E-state index in [1.807, 2.05) is 36.4 Å².